The largest absolute Gasteiger partial charge is 0.454 e. The van der Waals surface area contributed by atoms with Crippen molar-refractivity contribution in [3.05, 3.63) is 22.9 Å². The summed E-state index contributed by atoms with van der Waals surface area (Å²) in [6.07, 6.45) is 1.46. The molecule has 1 aromatic heterocycles. The van der Waals surface area contributed by atoms with E-state index in [0.717, 1.165) is 10.0 Å². The molecule has 1 aliphatic rings. The Morgan fingerprint density at radius 1 is 1.35 bits per heavy atom. The van der Waals surface area contributed by atoms with Crippen molar-refractivity contribution in [2.24, 2.45) is 0 Å². The lowest BCUT2D eigenvalue weighted by molar-refractivity contribution is 0.173. The molecular formula is C10H9BrN4O2. The van der Waals surface area contributed by atoms with Crippen LogP contribution in [0.15, 0.2) is 22.9 Å². The van der Waals surface area contributed by atoms with E-state index in [9.17, 15) is 0 Å². The molecule has 17 heavy (non-hydrogen) atoms. The first-order chi connectivity index (χ1) is 8.16. The number of benzene rings is 1. The maximum atomic E-state index is 5.82. The zero-order chi connectivity index (χ0) is 12.0. The minimum atomic E-state index is 0.220. The predicted molar refractivity (Wildman–Crippen MR) is 66.0 cm³/mol. The number of aromatic nitrogens is 2. The first-order valence-electron chi connectivity index (χ1n) is 4.84. The monoisotopic (exact) mass is 296 g/mol. The first-order valence-corrected chi connectivity index (χ1v) is 5.63. The molecule has 0 atom stereocenters. The molecule has 6 nitrogen and oxygen atoms in total. The van der Waals surface area contributed by atoms with E-state index in [-0.39, 0.29) is 6.79 Å². The van der Waals surface area contributed by atoms with Crippen LogP contribution in [0.2, 0.25) is 0 Å². The Kier molecular flexibility index (Phi) is 2.15. The summed E-state index contributed by atoms with van der Waals surface area (Å²) in [5, 5.41) is 0. The Bertz CT molecular complexity index is 596. The molecular weight excluding hydrogens is 288 g/mol. The maximum absolute atomic E-state index is 5.82. The van der Waals surface area contributed by atoms with Crippen LogP contribution in [0.5, 0.6) is 11.5 Å². The molecule has 1 aromatic carbocycles. The van der Waals surface area contributed by atoms with Gasteiger partial charge in [0.25, 0.3) is 0 Å². The fourth-order valence-corrected chi connectivity index (χ4v) is 2.25. The van der Waals surface area contributed by atoms with Crippen molar-refractivity contribution < 1.29 is 9.47 Å². The Morgan fingerprint density at radius 2 is 2.18 bits per heavy atom. The number of hydrogen-bond donors (Lipinski definition) is 2. The normalized spacial score (nSPS) is 13.0. The van der Waals surface area contributed by atoms with Crippen molar-refractivity contribution in [3.8, 4) is 22.8 Å². The summed E-state index contributed by atoms with van der Waals surface area (Å²) >= 11 is 3.42. The minimum absolute atomic E-state index is 0.220. The van der Waals surface area contributed by atoms with E-state index < -0.39 is 0 Å². The van der Waals surface area contributed by atoms with Gasteiger partial charge in [0.15, 0.2) is 11.5 Å². The van der Waals surface area contributed by atoms with Crippen LogP contribution in [0.25, 0.3) is 11.3 Å². The zero-order valence-corrected chi connectivity index (χ0v) is 10.3. The molecule has 0 aliphatic carbocycles. The van der Waals surface area contributed by atoms with Gasteiger partial charge >= 0.3 is 0 Å². The van der Waals surface area contributed by atoms with E-state index in [1.807, 2.05) is 12.1 Å². The van der Waals surface area contributed by atoms with Crippen LogP contribution in [0.3, 0.4) is 0 Å². The van der Waals surface area contributed by atoms with Crippen LogP contribution < -0.4 is 21.1 Å². The number of imidazole rings is 1. The van der Waals surface area contributed by atoms with E-state index in [1.165, 1.54) is 11.0 Å². The van der Waals surface area contributed by atoms with Gasteiger partial charge in [-0.25, -0.2) is 9.66 Å². The van der Waals surface area contributed by atoms with Crippen molar-refractivity contribution in [2.75, 3.05) is 18.4 Å². The Labute approximate surface area is 105 Å². The van der Waals surface area contributed by atoms with Crippen molar-refractivity contribution >= 4 is 21.7 Å². The van der Waals surface area contributed by atoms with Gasteiger partial charge in [-0.2, -0.15) is 0 Å². The highest BCUT2D eigenvalue weighted by atomic mass is 79.9. The van der Waals surface area contributed by atoms with E-state index in [4.69, 9.17) is 21.1 Å². The van der Waals surface area contributed by atoms with Gasteiger partial charge in [0.2, 0.25) is 6.79 Å². The number of rotatable bonds is 1. The molecule has 88 valence electrons. The molecule has 0 unspecified atom stereocenters. The quantitative estimate of drug-likeness (QED) is 0.775. The van der Waals surface area contributed by atoms with Gasteiger partial charge in [-0.1, -0.05) is 0 Å². The summed E-state index contributed by atoms with van der Waals surface area (Å²) in [4.78, 5) is 4.15. The molecule has 3 rings (SSSR count). The molecule has 7 heteroatoms. The standard InChI is InChI=1S/C10H9BrN4O2/c11-6-1-5(2-7-9(6)17-4-16-7)8-10(12)15(13)3-14-8/h1-3H,4,12-13H2. The van der Waals surface area contributed by atoms with Crippen molar-refractivity contribution in [1.29, 1.82) is 0 Å². The van der Waals surface area contributed by atoms with Crippen LogP contribution >= 0.6 is 15.9 Å². The number of anilines is 1. The Balaban J connectivity index is 2.16. The topological polar surface area (TPSA) is 88.3 Å². The highest BCUT2D eigenvalue weighted by Crippen LogP contribution is 2.42. The van der Waals surface area contributed by atoms with Crippen LogP contribution in [0, 0.1) is 0 Å². The average molecular weight is 297 g/mol. The van der Waals surface area contributed by atoms with Gasteiger partial charge in [0.1, 0.15) is 17.8 Å². The molecule has 0 fully saturated rings. The van der Waals surface area contributed by atoms with Gasteiger partial charge in [0.05, 0.1) is 4.47 Å². The third-order valence-corrected chi connectivity index (χ3v) is 3.12. The Morgan fingerprint density at radius 3 is 2.88 bits per heavy atom. The number of hydrogen-bond acceptors (Lipinski definition) is 5. The molecule has 0 radical (unpaired) electrons. The summed E-state index contributed by atoms with van der Waals surface area (Å²) in [5.41, 5.74) is 7.26. The number of nitrogen functional groups attached to an aromatic ring is 2. The molecule has 0 saturated heterocycles. The lowest BCUT2D eigenvalue weighted by atomic mass is 10.1. The highest BCUT2D eigenvalue weighted by molar-refractivity contribution is 9.10. The molecule has 2 aromatic rings. The number of halogens is 1. The van der Waals surface area contributed by atoms with Crippen LogP contribution in [0.4, 0.5) is 5.82 Å². The van der Waals surface area contributed by atoms with E-state index in [0.29, 0.717) is 23.0 Å². The predicted octanol–water partition coefficient (Wildman–Crippen LogP) is 1.34. The summed E-state index contributed by atoms with van der Waals surface area (Å²) in [6, 6.07) is 3.69. The molecule has 0 spiro atoms. The van der Waals surface area contributed by atoms with Crippen molar-refractivity contribution in [1.82, 2.24) is 9.66 Å². The van der Waals surface area contributed by atoms with Crippen molar-refractivity contribution in [3.63, 3.8) is 0 Å². The molecule has 2 heterocycles. The van der Waals surface area contributed by atoms with Crippen LogP contribution in [0.1, 0.15) is 0 Å². The lowest BCUT2D eigenvalue weighted by Gasteiger charge is -2.04. The molecule has 0 bridgehead atoms. The first kappa shape index (κ1) is 10.3. The SMILES string of the molecule is Nc1c(-c2cc(Br)c3c(c2)OCO3)ncn1N. The number of nitrogens with two attached hydrogens (primary N) is 2. The minimum Gasteiger partial charge on any atom is -0.454 e. The second-order valence-corrected chi connectivity index (χ2v) is 4.43. The zero-order valence-electron chi connectivity index (χ0n) is 8.68. The van der Waals surface area contributed by atoms with E-state index in [2.05, 4.69) is 20.9 Å². The summed E-state index contributed by atoms with van der Waals surface area (Å²) in [5.74, 6) is 7.35. The maximum Gasteiger partial charge on any atom is 0.231 e. The summed E-state index contributed by atoms with van der Waals surface area (Å²) in [6.45, 7) is 0.220. The molecule has 0 saturated carbocycles. The lowest BCUT2D eigenvalue weighted by Crippen LogP contribution is -2.09. The fourth-order valence-electron chi connectivity index (χ4n) is 1.70. The van der Waals surface area contributed by atoms with E-state index >= 15 is 0 Å². The van der Waals surface area contributed by atoms with Gasteiger partial charge in [-0.3, -0.25) is 0 Å². The third-order valence-electron chi connectivity index (χ3n) is 2.53. The molecule has 1 aliphatic heterocycles. The van der Waals surface area contributed by atoms with Crippen LogP contribution in [-0.2, 0) is 0 Å². The number of nitrogens with zero attached hydrogens (tertiary/aromatic N) is 2. The summed E-state index contributed by atoms with van der Waals surface area (Å²) in [7, 11) is 0. The average Bonchev–Trinajstić information content (AvgIpc) is 2.88. The van der Waals surface area contributed by atoms with Gasteiger partial charge in [0, 0.05) is 5.56 Å². The molecule has 4 N–H and O–H groups in total. The number of ether oxygens (including phenoxy) is 2. The van der Waals surface area contributed by atoms with Gasteiger partial charge in [-0.05, 0) is 28.1 Å². The van der Waals surface area contributed by atoms with Crippen LogP contribution in [-0.4, -0.2) is 16.5 Å². The second kappa shape index (κ2) is 3.56. The summed E-state index contributed by atoms with van der Waals surface area (Å²) < 4.78 is 12.7. The highest BCUT2D eigenvalue weighted by Gasteiger charge is 2.20. The number of fused-ring (bicyclic) bond motifs is 1. The van der Waals surface area contributed by atoms with Gasteiger partial charge < -0.3 is 21.1 Å². The molecule has 0 amide bonds. The van der Waals surface area contributed by atoms with Gasteiger partial charge in [-0.15, -0.1) is 0 Å². The third kappa shape index (κ3) is 1.50. The second-order valence-electron chi connectivity index (χ2n) is 3.58. The van der Waals surface area contributed by atoms with Crippen molar-refractivity contribution in [2.45, 2.75) is 0 Å². The smallest absolute Gasteiger partial charge is 0.231 e. The van der Waals surface area contributed by atoms with E-state index in [1.54, 1.807) is 0 Å². The fraction of sp³-hybridized carbons (Fsp3) is 0.100. The Hall–Kier alpha value is -1.89.